The van der Waals surface area contributed by atoms with E-state index in [1.165, 1.54) is 13.2 Å². The third kappa shape index (κ3) is 2.01. The molecule has 0 aliphatic carbocycles. The standard InChI is InChI=1S/C14H15NO3/c1-4-9-5-10-6-11(14(16)17)7-12(18-3)13(10)15-8(9)2/h5-7H,4H2,1-3H3,(H,16,17). The zero-order valence-corrected chi connectivity index (χ0v) is 10.7. The van der Waals surface area contributed by atoms with Gasteiger partial charge in [0.15, 0.2) is 0 Å². The summed E-state index contributed by atoms with van der Waals surface area (Å²) in [6.07, 6.45) is 0.869. The van der Waals surface area contributed by atoms with E-state index in [0.29, 0.717) is 11.3 Å². The van der Waals surface area contributed by atoms with Crippen LogP contribution in [0.2, 0.25) is 0 Å². The Morgan fingerprint density at radius 3 is 2.67 bits per heavy atom. The van der Waals surface area contributed by atoms with E-state index in [9.17, 15) is 4.79 Å². The van der Waals surface area contributed by atoms with E-state index < -0.39 is 5.97 Å². The Morgan fingerprint density at radius 1 is 1.39 bits per heavy atom. The summed E-state index contributed by atoms with van der Waals surface area (Å²) in [6, 6.07) is 5.11. The largest absolute Gasteiger partial charge is 0.494 e. The number of aromatic carboxylic acids is 1. The summed E-state index contributed by atoms with van der Waals surface area (Å²) in [4.78, 5) is 15.6. The molecule has 0 radical (unpaired) electrons. The minimum absolute atomic E-state index is 0.215. The van der Waals surface area contributed by atoms with Crippen molar-refractivity contribution in [3.05, 3.63) is 35.0 Å². The highest BCUT2D eigenvalue weighted by atomic mass is 16.5. The van der Waals surface area contributed by atoms with E-state index in [2.05, 4.69) is 4.98 Å². The molecule has 94 valence electrons. The number of carbonyl (C=O) groups is 1. The molecule has 2 rings (SSSR count). The number of nitrogens with zero attached hydrogens (tertiary/aromatic N) is 1. The zero-order chi connectivity index (χ0) is 13.3. The molecule has 0 saturated carbocycles. The molecular formula is C14H15NO3. The second kappa shape index (κ2) is 4.64. The Hall–Kier alpha value is -2.10. The van der Waals surface area contributed by atoms with Crippen LogP contribution in [0, 0.1) is 6.92 Å². The van der Waals surface area contributed by atoms with E-state index in [0.717, 1.165) is 23.1 Å². The fourth-order valence-electron chi connectivity index (χ4n) is 2.03. The fourth-order valence-corrected chi connectivity index (χ4v) is 2.03. The predicted octanol–water partition coefficient (Wildman–Crippen LogP) is 2.81. The minimum Gasteiger partial charge on any atom is -0.494 e. The lowest BCUT2D eigenvalue weighted by molar-refractivity contribution is 0.0696. The Bertz CT molecular complexity index is 620. The van der Waals surface area contributed by atoms with Gasteiger partial charge in [0.1, 0.15) is 11.3 Å². The highest BCUT2D eigenvalue weighted by molar-refractivity contribution is 5.96. The van der Waals surface area contributed by atoms with Gasteiger partial charge in [0, 0.05) is 11.1 Å². The Kier molecular flexibility index (Phi) is 3.19. The second-order valence-corrected chi connectivity index (χ2v) is 4.14. The van der Waals surface area contributed by atoms with Gasteiger partial charge in [-0.25, -0.2) is 9.78 Å². The molecule has 0 aliphatic heterocycles. The molecule has 0 fully saturated rings. The lowest BCUT2D eigenvalue weighted by Gasteiger charge is -2.10. The Labute approximate surface area is 105 Å². The predicted molar refractivity (Wildman–Crippen MR) is 69.4 cm³/mol. The maximum absolute atomic E-state index is 11.1. The van der Waals surface area contributed by atoms with Crippen LogP contribution in [0.1, 0.15) is 28.5 Å². The van der Waals surface area contributed by atoms with Crippen molar-refractivity contribution in [1.29, 1.82) is 0 Å². The molecule has 1 aromatic carbocycles. The lowest BCUT2D eigenvalue weighted by Crippen LogP contribution is -2.00. The molecular weight excluding hydrogens is 230 g/mol. The van der Waals surface area contributed by atoms with Crippen molar-refractivity contribution in [3.63, 3.8) is 0 Å². The van der Waals surface area contributed by atoms with Gasteiger partial charge in [-0.1, -0.05) is 6.92 Å². The SMILES string of the molecule is CCc1cc2cc(C(=O)O)cc(OC)c2nc1C. The summed E-state index contributed by atoms with van der Waals surface area (Å²) in [5, 5.41) is 9.87. The molecule has 0 unspecified atom stereocenters. The van der Waals surface area contributed by atoms with Crippen molar-refractivity contribution in [3.8, 4) is 5.75 Å². The normalized spacial score (nSPS) is 10.6. The molecule has 1 heterocycles. The number of aryl methyl sites for hydroxylation is 2. The highest BCUT2D eigenvalue weighted by Gasteiger charge is 2.12. The van der Waals surface area contributed by atoms with Crippen molar-refractivity contribution in [2.75, 3.05) is 7.11 Å². The summed E-state index contributed by atoms with van der Waals surface area (Å²) in [6.45, 7) is 4.00. The number of rotatable bonds is 3. The number of aromatic nitrogens is 1. The smallest absolute Gasteiger partial charge is 0.335 e. The highest BCUT2D eigenvalue weighted by Crippen LogP contribution is 2.27. The molecule has 0 saturated heterocycles. The number of carboxylic acids is 1. The fraction of sp³-hybridized carbons (Fsp3) is 0.286. The number of benzene rings is 1. The molecule has 4 heteroatoms. The average Bonchev–Trinajstić information content (AvgIpc) is 2.36. The van der Waals surface area contributed by atoms with Crippen LogP contribution >= 0.6 is 0 Å². The van der Waals surface area contributed by atoms with Gasteiger partial charge in [-0.15, -0.1) is 0 Å². The number of pyridine rings is 1. The molecule has 0 amide bonds. The zero-order valence-electron chi connectivity index (χ0n) is 10.7. The molecule has 0 aliphatic rings. The van der Waals surface area contributed by atoms with Crippen molar-refractivity contribution in [1.82, 2.24) is 4.98 Å². The van der Waals surface area contributed by atoms with Gasteiger partial charge in [0.2, 0.25) is 0 Å². The number of fused-ring (bicyclic) bond motifs is 1. The molecule has 1 N–H and O–H groups in total. The number of methoxy groups -OCH3 is 1. The van der Waals surface area contributed by atoms with Crippen LogP contribution in [0.3, 0.4) is 0 Å². The number of carboxylic acid groups (broad SMARTS) is 1. The summed E-state index contributed by atoms with van der Waals surface area (Å²) in [5.74, 6) is -0.468. The van der Waals surface area contributed by atoms with E-state index in [4.69, 9.17) is 9.84 Å². The minimum atomic E-state index is -0.964. The molecule has 18 heavy (non-hydrogen) atoms. The van der Waals surface area contributed by atoms with Crippen LogP contribution in [-0.2, 0) is 6.42 Å². The number of ether oxygens (including phenoxy) is 1. The van der Waals surface area contributed by atoms with Crippen LogP contribution in [0.15, 0.2) is 18.2 Å². The van der Waals surface area contributed by atoms with Crippen molar-refractivity contribution < 1.29 is 14.6 Å². The average molecular weight is 245 g/mol. The molecule has 1 aromatic heterocycles. The molecule has 0 bridgehead atoms. The van der Waals surface area contributed by atoms with Gasteiger partial charge in [0.05, 0.1) is 12.7 Å². The number of hydrogen-bond donors (Lipinski definition) is 1. The van der Waals surface area contributed by atoms with Crippen molar-refractivity contribution in [2.45, 2.75) is 20.3 Å². The van der Waals surface area contributed by atoms with Crippen LogP contribution < -0.4 is 4.74 Å². The summed E-state index contributed by atoms with van der Waals surface area (Å²) in [5.41, 5.74) is 2.99. The van der Waals surface area contributed by atoms with E-state index in [-0.39, 0.29) is 5.56 Å². The maximum atomic E-state index is 11.1. The second-order valence-electron chi connectivity index (χ2n) is 4.14. The molecule has 4 nitrogen and oxygen atoms in total. The summed E-state index contributed by atoms with van der Waals surface area (Å²) < 4.78 is 5.22. The van der Waals surface area contributed by atoms with Gasteiger partial charge < -0.3 is 9.84 Å². The third-order valence-corrected chi connectivity index (χ3v) is 3.03. The maximum Gasteiger partial charge on any atom is 0.335 e. The van der Waals surface area contributed by atoms with Gasteiger partial charge in [-0.3, -0.25) is 0 Å². The third-order valence-electron chi connectivity index (χ3n) is 3.03. The van der Waals surface area contributed by atoms with Crippen LogP contribution in [-0.4, -0.2) is 23.2 Å². The van der Waals surface area contributed by atoms with E-state index >= 15 is 0 Å². The first-order valence-electron chi connectivity index (χ1n) is 5.78. The van der Waals surface area contributed by atoms with Gasteiger partial charge >= 0.3 is 5.97 Å². The first kappa shape index (κ1) is 12.4. The van der Waals surface area contributed by atoms with Gasteiger partial charge in [-0.05, 0) is 37.1 Å². The first-order valence-corrected chi connectivity index (χ1v) is 5.78. The van der Waals surface area contributed by atoms with E-state index in [1.54, 1.807) is 6.07 Å². The molecule has 0 atom stereocenters. The van der Waals surface area contributed by atoms with Crippen LogP contribution in [0.25, 0.3) is 10.9 Å². The summed E-state index contributed by atoms with van der Waals surface area (Å²) >= 11 is 0. The van der Waals surface area contributed by atoms with Gasteiger partial charge in [0.25, 0.3) is 0 Å². The lowest BCUT2D eigenvalue weighted by atomic mass is 10.0. The summed E-state index contributed by atoms with van der Waals surface area (Å²) in [7, 11) is 1.52. The first-order chi connectivity index (χ1) is 8.56. The molecule has 0 spiro atoms. The van der Waals surface area contributed by atoms with Crippen molar-refractivity contribution >= 4 is 16.9 Å². The van der Waals surface area contributed by atoms with E-state index in [1.807, 2.05) is 19.9 Å². The monoisotopic (exact) mass is 245 g/mol. The van der Waals surface area contributed by atoms with Crippen molar-refractivity contribution in [2.24, 2.45) is 0 Å². The number of hydrogen-bond acceptors (Lipinski definition) is 3. The topological polar surface area (TPSA) is 59.4 Å². The quantitative estimate of drug-likeness (QED) is 0.903. The van der Waals surface area contributed by atoms with Crippen LogP contribution in [0.5, 0.6) is 5.75 Å². The van der Waals surface area contributed by atoms with Crippen LogP contribution in [0.4, 0.5) is 0 Å². The Morgan fingerprint density at radius 2 is 2.11 bits per heavy atom. The molecule has 2 aromatic rings. The Balaban J connectivity index is 2.79. The van der Waals surface area contributed by atoms with Gasteiger partial charge in [-0.2, -0.15) is 0 Å².